The predicted molar refractivity (Wildman–Crippen MR) is 87.6 cm³/mol. The van der Waals surface area contributed by atoms with Crippen molar-refractivity contribution in [2.24, 2.45) is 5.92 Å². The van der Waals surface area contributed by atoms with Crippen LogP contribution in [-0.2, 0) is 9.59 Å². The number of piperidine rings is 1. The fourth-order valence-corrected chi connectivity index (χ4v) is 3.11. The second-order valence-corrected chi connectivity index (χ2v) is 6.83. The number of rotatable bonds is 4. The van der Waals surface area contributed by atoms with Crippen molar-refractivity contribution in [3.8, 4) is 0 Å². The van der Waals surface area contributed by atoms with Gasteiger partial charge in [0.15, 0.2) is 0 Å². The molecule has 6 nitrogen and oxygen atoms in total. The monoisotopic (exact) mass is 330 g/mol. The normalized spacial score (nSPS) is 21.9. The van der Waals surface area contributed by atoms with Crippen molar-refractivity contribution in [1.82, 2.24) is 10.2 Å². The molecule has 1 aromatic rings. The minimum absolute atomic E-state index is 0.0770. The molecule has 2 aliphatic rings. The molecule has 1 saturated carbocycles. The number of carbonyl (C=O) groups excluding carboxylic acids is 2. The van der Waals surface area contributed by atoms with E-state index in [2.05, 4.69) is 5.32 Å². The number of carbonyl (C=O) groups is 3. The molecular formula is C18H22N2O4. The highest BCUT2D eigenvalue weighted by atomic mass is 16.4. The maximum Gasteiger partial charge on any atom is 0.329 e. The van der Waals surface area contributed by atoms with Gasteiger partial charge in [-0.2, -0.15) is 0 Å². The minimum Gasteiger partial charge on any atom is -0.480 e. The largest absolute Gasteiger partial charge is 0.480 e. The third-order valence-corrected chi connectivity index (χ3v) is 4.90. The molecule has 1 unspecified atom stereocenters. The third-order valence-electron chi connectivity index (χ3n) is 4.90. The third kappa shape index (κ3) is 3.27. The topological polar surface area (TPSA) is 86.7 Å². The Morgan fingerprint density at radius 3 is 2.46 bits per heavy atom. The summed E-state index contributed by atoms with van der Waals surface area (Å²) in [6, 6.07) is 7.38. The highest BCUT2D eigenvalue weighted by molar-refractivity contribution is 5.95. The maximum atomic E-state index is 12.6. The Kier molecular flexibility index (Phi) is 4.30. The van der Waals surface area contributed by atoms with E-state index in [4.69, 9.17) is 0 Å². The summed E-state index contributed by atoms with van der Waals surface area (Å²) in [5.74, 6) is -1.65. The number of hydrogen-bond acceptors (Lipinski definition) is 3. The molecule has 0 bridgehead atoms. The number of nitrogens with one attached hydrogen (secondary N) is 1. The van der Waals surface area contributed by atoms with Crippen LogP contribution in [0.4, 0.5) is 0 Å². The van der Waals surface area contributed by atoms with E-state index in [1.54, 1.807) is 17.0 Å². The first kappa shape index (κ1) is 16.5. The number of aryl methyl sites for hydroxylation is 1. The first-order valence-electron chi connectivity index (χ1n) is 8.33. The van der Waals surface area contributed by atoms with Gasteiger partial charge in [-0.3, -0.25) is 9.59 Å². The zero-order valence-electron chi connectivity index (χ0n) is 13.7. The molecular weight excluding hydrogens is 308 g/mol. The van der Waals surface area contributed by atoms with Crippen molar-refractivity contribution in [3.05, 3.63) is 35.4 Å². The number of amides is 2. The van der Waals surface area contributed by atoms with Gasteiger partial charge in [0, 0.05) is 18.7 Å². The average Bonchev–Trinajstić information content (AvgIpc) is 3.36. The van der Waals surface area contributed by atoms with Gasteiger partial charge < -0.3 is 15.3 Å². The quantitative estimate of drug-likeness (QED) is 0.877. The highest BCUT2D eigenvalue weighted by Crippen LogP contribution is 2.36. The van der Waals surface area contributed by atoms with Crippen LogP contribution in [0.1, 0.15) is 41.6 Å². The van der Waals surface area contributed by atoms with Crippen molar-refractivity contribution in [2.45, 2.75) is 38.1 Å². The van der Waals surface area contributed by atoms with Gasteiger partial charge in [0.2, 0.25) is 5.91 Å². The van der Waals surface area contributed by atoms with Crippen molar-refractivity contribution in [1.29, 1.82) is 0 Å². The molecule has 2 fully saturated rings. The number of benzene rings is 1. The van der Waals surface area contributed by atoms with Crippen LogP contribution in [-0.4, -0.2) is 46.4 Å². The van der Waals surface area contributed by atoms with Crippen LogP contribution < -0.4 is 5.32 Å². The molecule has 24 heavy (non-hydrogen) atoms. The Bertz CT molecular complexity index is 664. The molecule has 6 heteroatoms. The minimum atomic E-state index is -1.07. The molecule has 1 atom stereocenters. The second kappa shape index (κ2) is 6.26. The predicted octanol–water partition coefficient (Wildman–Crippen LogP) is 1.58. The smallest absolute Gasteiger partial charge is 0.329 e. The lowest BCUT2D eigenvalue weighted by molar-refractivity contribution is -0.144. The van der Waals surface area contributed by atoms with Gasteiger partial charge in [-0.1, -0.05) is 17.7 Å². The Morgan fingerprint density at radius 2 is 1.88 bits per heavy atom. The molecule has 0 radical (unpaired) electrons. The number of likely N-dealkylation sites (tertiary alicyclic amines) is 1. The van der Waals surface area contributed by atoms with Gasteiger partial charge >= 0.3 is 5.97 Å². The SMILES string of the molecule is Cc1ccc(C(=O)N2CCCC(C(=O)NC3(C(=O)O)CC3)C2)cc1. The highest BCUT2D eigenvalue weighted by Gasteiger charge is 2.52. The van der Waals surface area contributed by atoms with Gasteiger partial charge in [-0.25, -0.2) is 4.79 Å². The lowest BCUT2D eigenvalue weighted by Gasteiger charge is -2.32. The van der Waals surface area contributed by atoms with E-state index in [1.165, 1.54) is 0 Å². The van der Waals surface area contributed by atoms with E-state index < -0.39 is 11.5 Å². The zero-order chi connectivity index (χ0) is 17.3. The number of carboxylic acids is 1. The molecule has 0 aromatic heterocycles. The van der Waals surface area contributed by atoms with Gasteiger partial charge in [0.25, 0.3) is 5.91 Å². The maximum absolute atomic E-state index is 12.6. The van der Waals surface area contributed by atoms with Gasteiger partial charge in [0.1, 0.15) is 5.54 Å². The molecule has 1 saturated heterocycles. The van der Waals surface area contributed by atoms with E-state index in [1.807, 2.05) is 19.1 Å². The number of nitrogens with zero attached hydrogens (tertiary/aromatic N) is 1. The Morgan fingerprint density at radius 1 is 1.21 bits per heavy atom. The Balaban J connectivity index is 1.63. The summed E-state index contributed by atoms with van der Waals surface area (Å²) in [6.07, 6.45) is 2.38. The van der Waals surface area contributed by atoms with Crippen LogP contribution in [0.25, 0.3) is 0 Å². The summed E-state index contributed by atoms with van der Waals surface area (Å²) in [4.78, 5) is 37.9. The van der Waals surface area contributed by atoms with Crippen molar-refractivity contribution in [3.63, 3.8) is 0 Å². The number of aliphatic carboxylic acids is 1. The Hall–Kier alpha value is -2.37. The molecule has 1 aliphatic carbocycles. The van der Waals surface area contributed by atoms with E-state index in [0.29, 0.717) is 37.9 Å². The van der Waals surface area contributed by atoms with Crippen LogP contribution in [0.15, 0.2) is 24.3 Å². The lowest BCUT2D eigenvalue weighted by Crippen LogP contribution is -2.50. The number of hydrogen-bond donors (Lipinski definition) is 2. The molecule has 1 aliphatic heterocycles. The molecule has 2 N–H and O–H groups in total. The van der Waals surface area contributed by atoms with Crippen molar-refractivity contribution in [2.75, 3.05) is 13.1 Å². The van der Waals surface area contributed by atoms with Crippen molar-refractivity contribution < 1.29 is 19.5 Å². The van der Waals surface area contributed by atoms with Crippen LogP contribution in [0.3, 0.4) is 0 Å². The zero-order valence-corrected chi connectivity index (χ0v) is 13.7. The van der Waals surface area contributed by atoms with Crippen molar-refractivity contribution >= 4 is 17.8 Å². The summed E-state index contributed by atoms with van der Waals surface area (Å²) in [5.41, 5.74) is 0.636. The first-order valence-corrected chi connectivity index (χ1v) is 8.33. The van der Waals surface area contributed by atoms with Gasteiger partial charge in [-0.15, -0.1) is 0 Å². The van der Waals surface area contributed by atoms with Crippen LogP contribution in [0.2, 0.25) is 0 Å². The van der Waals surface area contributed by atoms with E-state index >= 15 is 0 Å². The van der Waals surface area contributed by atoms with Crippen LogP contribution >= 0.6 is 0 Å². The standard InChI is InChI=1S/C18H22N2O4/c1-12-4-6-13(7-5-12)16(22)20-10-2-3-14(11-20)15(21)19-18(8-9-18)17(23)24/h4-7,14H,2-3,8-11H2,1H3,(H,19,21)(H,23,24). The molecule has 1 heterocycles. The Labute approximate surface area is 140 Å². The molecule has 0 spiro atoms. The fraction of sp³-hybridized carbons (Fsp3) is 0.500. The summed E-state index contributed by atoms with van der Waals surface area (Å²) >= 11 is 0. The first-order chi connectivity index (χ1) is 11.4. The van der Waals surface area contributed by atoms with Crippen LogP contribution in [0, 0.1) is 12.8 Å². The molecule has 128 valence electrons. The van der Waals surface area contributed by atoms with E-state index in [0.717, 1.165) is 12.0 Å². The fourth-order valence-electron chi connectivity index (χ4n) is 3.11. The molecule has 3 rings (SSSR count). The summed E-state index contributed by atoms with van der Waals surface area (Å²) in [6.45, 7) is 2.93. The number of carboxylic acid groups (broad SMARTS) is 1. The average molecular weight is 330 g/mol. The summed E-state index contributed by atoms with van der Waals surface area (Å²) < 4.78 is 0. The van der Waals surface area contributed by atoms with Gasteiger partial charge in [-0.05, 0) is 44.7 Å². The van der Waals surface area contributed by atoms with Crippen LogP contribution in [0.5, 0.6) is 0 Å². The lowest BCUT2D eigenvalue weighted by atomic mass is 9.96. The van der Waals surface area contributed by atoms with Gasteiger partial charge in [0.05, 0.1) is 5.92 Å². The summed E-state index contributed by atoms with van der Waals surface area (Å²) in [7, 11) is 0. The van der Waals surface area contributed by atoms with E-state index in [9.17, 15) is 19.5 Å². The molecule has 1 aromatic carbocycles. The molecule has 2 amide bonds. The van der Waals surface area contributed by atoms with E-state index in [-0.39, 0.29) is 17.7 Å². The second-order valence-electron chi connectivity index (χ2n) is 6.83. The summed E-state index contributed by atoms with van der Waals surface area (Å²) in [5, 5.41) is 11.8.